The Bertz CT molecular complexity index is 329. The van der Waals surface area contributed by atoms with Crippen LogP contribution in [0, 0.1) is 0 Å². The van der Waals surface area contributed by atoms with E-state index >= 15 is 0 Å². The van der Waals surface area contributed by atoms with Crippen molar-refractivity contribution in [2.24, 2.45) is 0 Å². The van der Waals surface area contributed by atoms with E-state index in [1.54, 1.807) is 7.11 Å². The number of fused-ring (bicyclic) bond motifs is 1. The minimum Gasteiger partial charge on any atom is -0.469 e. The lowest BCUT2D eigenvalue weighted by atomic mass is 9.92. The minimum atomic E-state index is 0.448. The van der Waals surface area contributed by atoms with Crippen molar-refractivity contribution in [1.29, 1.82) is 0 Å². The lowest BCUT2D eigenvalue weighted by molar-refractivity contribution is 0.153. The molecule has 0 aliphatic heterocycles. The number of methoxy groups -OCH3 is 1. The average Bonchev–Trinajstić information content (AvgIpc) is 2.79. The van der Waals surface area contributed by atoms with Gasteiger partial charge < -0.3 is 14.5 Å². The Labute approximate surface area is 104 Å². The van der Waals surface area contributed by atoms with E-state index in [1.165, 1.54) is 30.6 Å². The zero-order valence-corrected chi connectivity index (χ0v) is 10.9. The molecule has 0 fully saturated rings. The van der Waals surface area contributed by atoms with Gasteiger partial charge in [0.15, 0.2) is 0 Å². The van der Waals surface area contributed by atoms with E-state index in [-0.39, 0.29) is 0 Å². The molecule has 2 atom stereocenters. The highest BCUT2D eigenvalue weighted by atomic mass is 16.5. The van der Waals surface area contributed by atoms with Crippen LogP contribution in [0.15, 0.2) is 16.7 Å². The highest BCUT2D eigenvalue weighted by molar-refractivity contribution is 5.24. The molecule has 1 aromatic heterocycles. The third kappa shape index (κ3) is 3.11. The number of nitrogens with one attached hydrogen (secondary N) is 1. The second-order valence-corrected chi connectivity index (χ2v) is 4.85. The first kappa shape index (κ1) is 12.7. The molecule has 1 aliphatic carbocycles. The monoisotopic (exact) mass is 237 g/mol. The summed E-state index contributed by atoms with van der Waals surface area (Å²) in [5.74, 6) is 1.17. The van der Waals surface area contributed by atoms with Crippen molar-refractivity contribution in [3.05, 3.63) is 23.7 Å². The summed E-state index contributed by atoms with van der Waals surface area (Å²) in [5.41, 5.74) is 1.36. The molecule has 17 heavy (non-hydrogen) atoms. The zero-order valence-electron chi connectivity index (χ0n) is 10.9. The van der Waals surface area contributed by atoms with Crippen LogP contribution < -0.4 is 5.32 Å². The van der Waals surface area contributed by atoms with Crippen LogP contribution in [0.2, 0.25) is 0 Å². The van der Waals surface area contributed by atoms with Crippen LogP contribution in [-0.4, -0.2) is 19.8 Å². The standard InChI is InChI=1S/C14H23NO2/c1-3-5-11(10-16-2)15-13-6-4-7-14-12(13)8-9-17-14/h8-9,11,13,15H,3-7,10H2,1-2H3. The first-order chi connectivity index (χ1) is 8.35. The third-order valence-corrected chi connectivity index (χ3v) is 3.49. The van der Waals surface area contributed by atoms with E-state index in [4.69, 9.17) is 9.15 Å². The van der Waals surface area contributed by atoms with Crippen molar-refractivity contribution in [1.82, 2.24) is 5.32 Å². The first-order valence-electron chi connectivity index (χ1n) is 6.66. The minimum absolute atomic E-state index is 0.448. The molecule has 0 saturated heterocycles. The molecule has 0 aromatic carbocycles. The van der Waals surface area contributed by atoms with Gasteiger partial charge in [0.2, 0.25) is 0 Å². The largest absolute Gasteiger partial charge is 0.469 e. The smallest absolute Gasteiger partial charge is 0.108 e. The molecule has 1 aromatic rings. The summed E-state index contributed by atoms with van der Waals surface area (Å²) in [5, 5.41) is 3.72. The van der Waals surface area contributed by atoms with Crippen molar-refractivity contribution in [3.8, 4) is 0 Å². The molecule has 1 N–H and O–H groups in total. The van der Waals surface area contributed by atoms with Crippen molar-refractivity contribution in [3.63, 3.8) is 0 Å². The Hall–Kier alpha value is -0.800. The van der Waals surface area contributed by atoms with Crippen LogP contribution in [-0.2, 0) is 11.2 Å². The number of hydrogen-bond donors (Lipinski definition) is 1. The number of aryl methyl sites for hydroxylation is 1. The molecule has 2 unspecified atom stereocenters. The number of ether oxygens (including phenoxy) is 1. The maximum atomic E-state index is 5.52. The summed E-state index contributed by atoms with van der Waals surface area (Å²) in [6, 6.07) is 3.02. The Kier molecular flexibility index (Phi) is 4.63. The van der Waals surface area contributed by atoms with E-state index < -0.39 is 0 Å². The lowest BCUT2D eigenvalue weighted by Crippen LogP contribution is -2.37. The Balaban J connectivity index is 1.99. The van der Waals surface area contributed by atoms with Crippen LogP contribution >= 0.6 is 0 Å². The van der Waals surface area contributed by atoms with Crippen molar-refractivity contribution in [2.75, 3.05) is 13.7 Å². The van der Waals surface area contributed by atoms with Gasteiger partial charge in [-0.25, -0.2) is 0 Å². The molecule has 1 aliphatic rings. The van der Waals surface area contributed by atoms with Crippen molar-refractivity contribution < 1.29 is 9.15 Å². The van der Waals surface area contributed by atoms with Gasteiger partial charge in [0.25, 0.3) is 0 Å². The average molecular weight is 237 g/mol. The Morgan fingerprint density at radius 2 is 2.47 bits per heavy atom. The summed E-state index contributed by atoms with van der Waals surface area (Å²) in [4.78, 5) is 0. The van der Waals surface area contributed by atoms with Gasteiger partial charge in [0, 0.05) is 31.2 Å². The fourth-order valence-corrected chi connectivity index (χ4v) is 2.71. The number of hydrogen-bond acceptors (Lipinski definition) is 3. The predicted molar refractivity (Wildman–Crippen MR) is 68.1 cm³/mol. The van der Waals surface area contributed by atoms with Gasteiger partial charge in [-0.1, -0.05) is 13.3 Å². The van der Waals surface area contributed by atoms with Crippen LogP contribution in [0.1, 0.15) is 50.0 Å². The normalized spacial score (nSPS) is 21.2. The molecule has 0 spiro atoms. The highest BCUT2D eigenvalue weighted by Gasteiger charge is 2.24. The quantitative estimate of drug-likeness (QED) is 0.825. The number of furan rings is 1. The second kappa shape index (κ2) is 6.22. The van der Waals surface area contributed by atoms with Crippen LogP contribution in [0.5, 0.6) is 0 Å². The third-order valence-electron chi connectivity index (χ3n) is 3.49. The van der Waals surface area contributed by atoms with Gasteiger partial charge in [0.05, 0.1) is 12.9 Å². The molecule has 3 nitrogen and oxygen atoms in total. The van der Waals surface area contributed by atoms with E-state index in [0.717, 1.165) is 19.4 Å². The summed E-state index contributed by atoms with van der Waals surface area (Å²) < 4.78 is 10.8. The maximum absolute atomic E-state index is 5.52. The van der Waals surface area contributed by atoms with Gasteiger partial charge in [-0.15, -0.1) is 0 Å². The molecule has 1 heterocycles. The Morgan fingerprint density at radius 3 is 3.24 bits per heavy atom. The fraction of sp³-hybridized carbons (Fsp3) is 0.714. The molecular weight excluding hydrogens is 214 g/mol. The van der Waals surface area contributed by atoms with Crippen LogP contribution in [0.4, 0.5) is 0 Å². The maximum Gasteiger partial charge on any atom is 0.108 e. The molecule has 0 amide bonds. The summed E-state index contributed by atoms with van der Waals surface area (Å²) in [6.45, 7) is 3.01. The van der Waals surface area contributed by atoms with Gasteiger partial charge >= 0.3 is 0 Å². The molecule has 3 heteroatoms. The Morgan fingerprint density at radius 1 is 1.59 bits per heavy atom. The SMILES string of the molecule is CCCC(COC)NC1CCCc2occc21. The van der Waals surface area contributed by atoms with Gasteiger partial charge in [-0.05, 0) is 25.3 Å². The van der Waals surface area contributed by atoms with E-state index in [9.17, 15) is 0 Å². The molecular formula is C14H23NO2. The summed E-state index contributed by atoms with van der Waals surface area (Å²) in [6.07, 6.45) is 7.67. The number of rotatable bonds is 6. The van der Waals surface area contributed by atoms with Crippen molar-refractivity contribution in [2.45, 2.75) is 51.1 Å². The predicted octanol–water partition coefficient (Wildman–Crippen LogP) is 3.06. The van der Waals surface area contributed by atoms with Crippen LogP contribution in [0.25, 0.3) is 0 Å². The van der Waals surface area contributed by atoms with E-state index in [1.807, 2.05) is 6.26 Å². The van der Waals surface area contributed by atoms with E-state index in [0.29, 0.717) is 12.1 Å². The lowest BCUT2D eigenvalue weighted by Gasteiger charge is -2.28. The van der Waals surface area contributed by atoms with Gasteiger partial charge in [-0.3, -0.25) is 0 Å². The van der Waals surface area contributed by atoms with Crippen molar-refractivity contribution >= 4 is 0 Å². The molecule has 96 valence electrons. The molecule has 0 saturated carbocycles. The summed E-state index contributed by atoms with van der Waals surface area (Å²) >= 11 is 0. The van der Waals surface area contributed by atoms with E-state index in [2.05, 4.69) is 18.3 Å². The first-order valence-corrected chi connectivity index (χ1v) is 6.66. The fourth-order valence-electron chi connectivity index (χ4n) is 2.71. The highest BCUT2D eigenvalue weighted by Crippen LogP contribution is 2.30. The molecule has 0 radical (unpaired) electrons. The topological polar surface area (TPSA) is 34.4 Å². The zero-order chi connectivity index (χ0) is 12.1. The molecule has 0 bridgehead atoms. The van der Waals surface area contributed by atoms with Crippen LogP contribution in [0.3, 0.4) is 0 Å². The van der Waals surface area contributed by atoms with Gasteiger partial charge in [-0.2, -0.15) is 0 Å². The molecule has 2 rings (SSSR count). The summed E-state index contributed by atoms with van der Waals surface area (Å²) in [7, 11) is 1.77. The second-order valence-electron chi connectivity index (χ2n) is 4.85. The van der Waals surface area contributed by atoms with Gasteiger partial charge in [0.1, 0.15) is 5.76 Å².